The number of nitrogens with zero attached hydrogens (tertiary/aromatic N) is 3. The van der Waals surface area contributed by atoms with Gasteiger partial charge in [-0.1, -0.05) is 24.8 Å². The lowest BCUT2D eigenvalue weighted by molar-refractivity contribution is 0.536. The smallest absolute Gasteiger partial charge is 0.108 e. The van der Waals surface area contributed by atoms with E-state index in [2.05, 4.69) is 47.9 Å². The summed E-state index contributed by atoms with van der Waals surface area (Å²) in [7, 11) is 6.03. The molecule has 0 fully saturated rings. The lowest BCUT2D eigenvalue weighted by atomic mass is 10.1. The van der Waals surface area contributed by atoms with Crippen molar-refractivity contribution in [3.05, 3.63) is 63.1 Å². The Labute approximate surface area is 159 Å². The van der Waals surface area contributed by atoms with E-state index in [0.717, 1.165) is 45.0 Å². The molecule has 0 amide bonds. The first kappa shape index (κ1) is 19.6. The van der Waals surface area contributed by atoms with Gasteiger partial charge in [-0.05, 0) is 65.2 Å². The zero-order chi connectivity index (χ0) is 19.3. The summed E-state index contributed by atoms with van der Waals surface area (Å²) < 4.78 is 2.04. The molecule has 0 atom stereocenters. The third-order valence-electron chi connectivity index (χ3n) is 4.23. The molecule has 2 aromatic rings. The van der Waals surface area contributed by atoms with Crippen LogP contribution < -0.4 is 15.6 Å². The Morgan fingerprint density at radius 1 is 1.31 bits per heavy atom. The minimum absolute atomic E-state index is 0.475. The maximum absolute atomic E-state index is 9.05. The van der Waals surface area contributed by atoms with E-state index in [4.69, 9.17) is 10.4 Å². The van der Waals surface area contributed by atoms with Crippen LogP contribution in [0.1, 0.15) is 12.6 Å². The van der Waals surface area contributed by atoms with Gasteiger partial charge >= 0.3 is 0 Å². The molecule has 1 heterocycles. The molecule has 2 N–H and O–H groups in total. The van der Waals surface area contributed by atoms with Gasteiger partial charge in [-0.15, -0.1) is 0 Å². The van der Waals surface area contributed by atoms with E-state index in [0.29, 0.717) is 4.91 Å². The van der Waals surface area contributed by atoms with Gasteiger partial charge in [0.2, 0.25) is 0 Å². The van der Waals surface area contributed by atoms with Gasteiger partial charge in [0, 0.05) is 38.2 Å². The number of hydrogen-bond acceptors (Lipinski definition) is 4. The molecule has 0 unspecified atom stereocenters. The van der Waals surface area contributed by atoms with Crippen LogP contribution in [0.4, 0.5) is 0 Å². The molecule has 0 saturated carbocycles. The van der Waals surface area contributed by atoms with E-state index in [1.807, 2.05) is 44.8 Å². The lowest BCUT2D eigenvalue weighted by Gasteiger charge is -2.13. The molecule has 0 spiro atoms. The molecular formula is C21H24N4S. The van der Waals surface area contributed by atoms with Crippen molar-refractivity contribution in [2.24, 2.45) is 12.2 Å². The van der Waals surface area contributed by atoms with Crippen LogP contribution in [0.5, 0.6) is 0 Å². The van der Waals surface area contributed by atoms with E-state index < -0.39 is 0 Å². The highest BCUT2D eigenvalue weighted by atomic mass is 32.2. The minimum Gasteiger partial charge on any atom is -0.378 e. The highest BCUT2D eigenvalue weighted by Crippen LogP contribution is 2.22. The standard InChI is InChI=1S/C21H24N4S/c1-6-18(24(3)4)12-16-7-8-17(11-15(16)2)21-10-9-19(25(21)5)13-20(14-22)26-23/h6-13H,2,23H2,1,3-5H3/b16-12-,18-6?,20-13+. The van der Waals surface area contributed by atoms with E-state index >= 15 is 0 Å². The molecule has 2 rings (SSSR count). The van der Waals surface area contributed by atoms with Crippen molar-refractivity contribution in [2.75, 3.05) is 14.1 Å². The van der Waals surface area contributed by atoms with Crippen molar-refractivity contribution in [2.45, 2.75) is 6.92 Å². The van der Waals surface area contributed by atoms with Gasteiger partial charge in [-0.2, -0.15) is 5.26 Å². The fourth-order valence-electron chi connectivity index (χ4n) is 2.72. The zero-order valence-corrected chi connectivity index (χ0v) is 16.5. The van der Waals surface area contributed by atoms with Crippen LogP contribution in [-0.4, -0.2) is 23.6 Å². The number of allylic oxidation sites excluding steroid dienone is 3. The molecule has 1 aromatic heterocycles. The second kappa shape index (κ2) is 8.61. The quantitative estimate of drug-likeness (QED) is 0.655. The van der Waals surface area contributed by atoms with Crippen LogP contribution in [-0.2, 0) is 7.05 Å². The molecule has 0 saturated heterocycles. The van der Waals surface area contributed by atoms with Crippen molar-refractivity contribution < 1.29 is 0 Å². The summed E-state index contributed by atoms with van der Waals surface area (Å²) in [6.45, 7) is 6.23. The predicted octanol–water partition coefficient (Wildman–Crippen LogP) is 2.82. The van der Waals surface area contributed by atoms with E-state index in [9.17, 15) is 0 Å². The van der Waals surface area contributed by atoms with Crippen molar-refractivity contribution in [1.82, 2.24) is 9.47 Å². The predicted molar refractivity (Wildman–Crippen MR) is 113 cm³/mol. The van der Waals surface area contributed by atoms with Gasteiger partial charge in [0.15, 0.2) is 0 Å². The van der Waals surface area contributed by atoms with Gasteiger partial charge in [-0.25, -0.2) is 0 Å². The molecule has 134 valence electrons. The average molecular weight is 365 g/mol. The van der Waals surface area contributed by atoms with Gasteiger partial charge in [-0.3, -0.25) is 5.14 Å². The summed E-state index contributed by atoms with van der Waals surface area (Å²) in [6.07, 6.45) is 5.99. The van der Waals surface area contributed by atoms with Crippen LogP contribution in [0.15, 0.2) is 47.0 Å². The maximum Gasteiger partial charge on any atom is 0.108 e. The van der Waals surface area contributed by atoms with Crippen molar-refractivity contribution >= 4 is 30.7 Å². The summed E-state index contributed by atoms with van der Waals surface area (Å²) in [4.78, 5) is 2.55. The molecule has 0 radical (unpaired) electrons. The second-order valence-electron chi connectivity index (χ2n) is 6.11. The van der Waals surface area contributed by atoms with Crippen molar-refractivity contribution in [3.8, 4) is 17.3 Å². The fourth-order valence-corrected chi connectivity index (χ4v) is 2.97. The summed E-state index contributed by atoms with van der Waals surface area (Å²) in [5, 5.41) is 16.6. The molecular weight excluding hydrogens is 340 g/mol. The summed E-state index contributed by atoms with van der Waals surface area (Å²) >= 11 is 0.956. The number of benzene rings is 1. The highest BCUT2D eigenvalue weighted by molar-refractivity contribution is 8.01. The van der Waals surface area contributed by atoms with Gasteiger partial charge in [0.25, 0.3) is 0 Å². The lowest BCUT2D eigenvalue weighted by Crippen LogP contribution is -2.24. The Morgan fingerprint density at radius 2 is 2.04 bits per heavy atom. The summed E-state index contributed by atoms with van der Waals surface area (Å²) in [5.74, 6) is 0. The Morgan fingerprint density at radius 3 is 2.58 bits per heavy atom. The van der Waals surface area contributed by atoms with Gasteiger partial charge in [0.05, 0.1) is 0 Å². The molecule has 1 aromatic carbocycles. The largest absolute Gasteiger partial charge is 0.378 e. The first-order chi connectivity index (χ1) is 12.4. The first-order valence-electron chi connectivity index (χ1n) is 8.20. The highest BCUT2D eigenvalue weighted by Gasteiger charge is 2.07. The molecule has 4 nitrogen and oxygen atoms in total. The summed E-state index contributed by atoms with van der Waals surface area (Å²) in [6, 6.07) is 12.4. The average Bonchev–Trinajstić information content (AvgIpc) is 2.98. The number of hydrogen-bond donors (Lipinski definition) is 1. The minimum atomic E-state index is 0.475. The first-order valence-corrected chi connectivity index (χ1v) is 9.08. The molecule has 5 heteroatoms. The van der Waals surface area contributed by atoms with Crippen LogP contribution in [0.3, 0.4) is 0 Å². The topological polar surface area (TPSA) is 58.0 Å². The van der Waals surface area contributed by atoms with Crippen molar-refractivity contribution in [1.29, 1.82) is 5.26 Å². The second-order valence-corrected chi connectivity index (χ2v) is 6.78. The van der Waals surface area contributed by atoms with Crippen LogP contribution >= 0.6 is 11.9 Å². The molecule has 0 aliphatic heterocycles. The zero-order valence-electron chi connectivity index (χ0n) is 15.7. The Kier molecular flexibility index (Phi) is 6.51. The number of aromatic nitrogens is 1. The monoisotopic (exact) mass is 364 g/mol. The molecule has 26 heavy (non-hydrogen) atoms. The SMILES string of the molecule is C=c1cc(-c2ccc(/C=C(\C#N)SN)n2C)cc/c1=C/C(=CC)N(C)C. The van der Waals surface area contributed by atoms with Crippen LogP contribution in [0.25, 0.3) is 30.0 Å². The maximum atomic E-state index is 9.05. The molecule has 0 bridgehead atoms. The third-order valence-corrected chi connectivity index (χ3v) is 4.69. The fraction of sp³-hybridized carbons (Fsp3) is 0.190. The Bertz CT molecular complexity index is 1000. The van der Waals surface area contributed by atoms with E-state index in [1.165, 1.54) is 0 Å². The third kappa shape index (κ3) is 4.29. The Hall–Kier alpha value is -2.68. The van der Waals surface area contributed by atoms with E-state index in [-0.39, 0.29) is 0 Å². The number of nitrogens with two attached hydrogens (primary N) is 1. The van der Waals surface area contributed by atoms with Crippen LogP contribution in [0.2, 0.25) is 0 Å². The van der Waals surface area contributed by atoms with Gasteiger partial charge in [0.1, 0.15) is 11.0 Å². The van der Waals surface area contributed by atoms with Crippen molar-refractivity contribution in [3.63, 3.8) is 0 Å². The van der Waals surface area contributed by atoms with Gasteiger partial charge < -0.3 is 9.47 Å². The number of nitriles is 1. The normalized spacial score (nSPS) is 13.0. The number of rotatable bonds is 5. The van der Waals surface area contributed by atoms with Crippen LogP contribution in [0, 0.1) is 11.3 Å². The molecule has 0 aliphatic carbocycles. The van der Waals surface area contributed by atoms with E-state index in [1.54, 1.807) is 6.08 Å². The molecule has 0 aliphatic rings. The Balaban J connectivity index is 2.47. The summed E-state index contributed by atoms with van der Waals surface area (Å²) in [5.41, 5.74) is 4.21.